The summed E-state index contributed by atoms with van der Waals surface area (Å²) in [6.07, 6.45) is 2.02. The molecule has 0 aliphatic heterocycles. The van der Waals surface area contributed by atoms with E-state index in [1.807, 2.05) is 6.07 Å². The number of halogens is 1. The molecule has 1 aliphatic rings. The Kier molecular flexibility index (Phi) is 3.88. The number of amides is 1. The zero-order valence-electron chi connectivity index (χ0n) is 11.9. The number of nitriles is 1. The van der Waals surface area contributed by atoms with Crippen molar-refractivity contribution < 1.29 is 9.18 Å². The summed E-state index contributed by atoms with van der Waals surface area (Å²) in [5.74, 6) is -0.374. The van der Waals surface area contributed by atoms with E-state index >= 15 is 0 Å². The Hall–Kier alpha value is -2.67. The first-order chi connectivity index (χ1) is 10.7. The van der Waals surface area contributed by atoms with Crippen LogP contribution in [0.5, 0.6) is 0 Å². The van der Waals surface area contributed by atoms with E-state index in [2.05, 4.69) is 5.32 Å². The summed E-state index contributed by atoms with van der Waals surface area (Å²) in [6.45, 7) is 0. The maximum Gasteiger partial charge on any atom is 0.232 e. The number of nitrogens with one attached hydrogen (secondary N) is 1. The third-order valence-corrected chi connectivity index (χ3v) is 3.86. The lowest BCUT2D eigenvalue weighted by Crippen LogP contribution is -2.22. The highest BCUT2D eigenvalue weighted by atomic mass is 19.1. The van der Waals surface area contributed by atoms with Crippen molar-refractivity contribution in [1.82, 2.24) is 0 Å². The Morgan fingerprint density at radius 1 is 1.23 bits per heavy atom. The molecule has 1 fully saturated rings. The summed E-state index contributed by atoms with van der Waals surface area (Å²) in [5, 5.41) is 11.8. The van der Waals surface area contributed by atoms with Gasteiger partial charge in [0, 0.05) is 5.69 Å². The highest BCUT2D eigenvalue weighted by Gasteiger charge is 2.37. The Bertz CT molecular complexity index is 729. The zero-order chi connectivity index (χ0) is 15.5. The van der Waals surface area contributed by atoms with E-state index in [4.69, 9.17) is 5.26 Å². The van der Waals surface area contributed by atoms with Crippen molar-refractivity contribution >= 4 is 11.6 Å². The molecule has 1 unspecified atom stereocenters. The smallest absolute Gasteiger partial charge is 0.232 e. The van der Waals surface area contributed by atoms with Crippen molar-refractivity contribution in [3.8, 4) is 6.07 Å². The van der Waals surface area contributed by atoms with Gasteiger partial charge in [0.05, 0.1) is 17.6 Å². The molecule has 2 aromatic rings. The van der Waals surface area contributed by atoms with Crippen molar-refractivity contribution in [3.63, 3.8) is 0 Å². The SMILES string of the molecule is N#Cc1cccc(NC(=O)C(c2ccc(F)cc2)C2CC2)c1. The predicted octanol–water partition coefficient (Wildman–Crippen LogP) is 3.83. The van der Waals surface area contributed by atoms with Crippen molar-refractivity contribution in [2.45, 2.75) is 18.8 Å². The average molecular weight is 294 g/mol. The molecule has 1 saturated carbocycles. The molecule has 0 spiro atoms. The van der Waals surface area contributed by atoms with Crippen molar-refractivity contribution in [2.24, 2.45) is 5.92 Å². The van der Waals surface area contributed by atoms with Crippen LogP contribution in [0.25, 0.3) is 0 Å². The van der Waals surface area contributed by atoms with E-state index in [1.54, 1.807) is 36.4 Å². The molecule has 0 bridgehead atoms. The quantitative estimate of drug-likeness (QED) is 0.931. The van der Waals surface area contributed by atoms with E-state index in [-0.39, 0.29) is 17.6 Å². The second-order valence-corrected chi connectivity index (χ2v) is 5.55. The highest BCUT2D eigenvalue weighted by molar-refractivity contribution is 5.96. The van der Waals surface area contributed by atoms with Crippen LogP contribution < -0.4 is 5.32 Å². The molecular formula is C18H15FN2O. The van der Waals surface area contributed by atoms with Gasteiger partial charge in [0.15, 0.2) is 0 Å². The number of carbonyl (C=O) groups excluding carboxylic acids is 1. The fourth-order valence-corrected chi connectivity index (χ4v) is 2.62. The van der Waals surface area contributed by atoms with Crippen LogP contribution in [0.15, 0.2) is 48.5 Å². The van der Waals surface area contributed by atoms with E-state index < -0.39 is 0 Å². The largest absolute Gasteiger partial charge is 0.326 e. The first kappa shape index (κ1) is 14.3. The van der Waals surface area contributed by atoms with E-state index in [9.17, 15) is 9.18 Å². The third-order valence-electron chi connectivity index (χ3n) is 3.86. The normalized spacial score (nSPS) is 14.9. The second kappa shape index (κ2) is 5.98. The van der Waals surface area contributed by atoms with Crippen LogP contribution >= 0.6 is 0 Å². The molecule has 1 amide bonds. The van der Waals surface area contributed by atoms with Crippen LogP contribution in [-0.4, -0.2) is 5.91 Å². The maximum atomic E-state index is 13.1. The summed E-state index contributed by atoms with van der Waals surface area (Å²) in [7, 11) is 0. The molecule has 1 N–H and O–H groups in total. The molecule has 0 radical (unpaired) electrons. The van der Waals surface area contributed by atoms with Gasteiger partial charge in [-0.25, -0.2) is 4.39 Å². The monoisotopic (exact) mass is 294 g/mol. The minimum Gasteiger partial charge on any atom is -0.326 e. The molecular weight excluding hydrogens is 279 g/mol. The molecule has 2 aromatic carbocycles. The Labute approximate surface area is 128 Å². The topological polar surface area (TPSA) is 52.9 Å². The molecule has 1 aliphatic carbocycles. The summed E-state index contributed by atoms with van der Waals surface area (Å²) >= 11 is 0. The molecule has 1 atom stereocenters. The minimum absolute atomic E-state index is 0.107. The van der Waals surface area contributed by atoms with Gasteiger partial charge in [0.25, 0.3) is 0 Å². The lowest BCUT2D eigenvalue weighted by atomic mass is 9.93. The highest BCUT2D eigenvalue weighted by Crippen LogP contribution is 2.43. The summed E-state index contributed by atoms with van der Waals surface area (Å²) in [4.78, 5) is 12.6. The molecule has 0 heterocycles. The minimum atomic E-state index is -0.305. The fraction of sp³-hybridized carbons (Fsp3) is 0.222. The first-order valence-electron chi connectivity index (χ1n) is 7.24. The number of benzene rings is 2. The van der Waals surface area contributed by atoms with Crippen molar-refractivity contribution in [2.75, 3.05) is 5.32 Å². The van der Waals surface area contributed by atoms with Gasteiger partial charge < -0.3 is 5.32 Å². The van der Waals surface area contributed by atoms with E-state index in [0.717, 1.165) is 18.4 Å². The predicted molar refractivity (Wildman–Crippen MR) is 81.7 cm³/mol. The standard InChI is InChI=1S/C18H15FN2O/c19-15-8-6-14(7-9-15)17(13-4-5-13)18(22)21-16-3-1-2-12(10-16)11-20/h1-3,6-10,13,17H,4-5H2,(H,21,22). The first-order valence-corrected chi connectivity index (χ1v) is 7.24. The van der Waals surface area contributed by atoms with Gasteiger partial charge in [-0.05, 0) is 54.7 Å². The van der Waals surface area contributed by atoms with Gasteiger partial charge in [-0.1, -0.05) is 18.2 Å². The van der Waals surface area contributed by atoms with Crippen LogP contribution in [-0.2, 0) is 4.79 Å². The molecule has 22 heavy (non-hydrogen) atoms. The number of anilines is 1. The van der Waals surface area contributed by atoms with Crippen LogP contribution in [0.4, 0.5) is 10.1 Å². The van der Waals surface area contributed by atoms with Gasteiger partial charge in [-0.2, -0.15) is 5.26 Å². The molecule has 4 heteroatoms. The summed E-state index contributed by atoms with van der Waals surface area (Å²) in [6, 6.07) is 15.0. The molecule has 110 valence electrons. The second-order valence-electron chi connectivity index (χ2n) is 5.55. The summed E-state index contributed by atoms with van der Waals surface area (Å²) < 4.78 is 13.1. The number of rotatable bonds is 4. The lowest BCUT2D eigenvalue weighted by Gasteiger charge is -2.17. The van der Waals surface area contributed by atoms with E-state index in [1.165, 1.54) is 12.1 Å². The number of hydrogen-bond acceptors (Lipinski definition) is 2. The lowest BCUT2D eigenvalue weighted by molar-refractivity contribution is -0.118. The zero-order valence-corrected chi connectivity index (χ0v) is 11.9. The Balaban J connectivity index is 1.81. The number of carbonyl (C=O) groups is 1. The van der Waals surface area contributed by atoms with Crippen molar-refractivity contribution in [3.05, 3.63) is 65.5 Å². The maximum absolute atomic E-state index is 13.1. The van der Waals surface area contributed by atoms with Gasteiger partial charge in [-0.3, -0.25) is 4.79 Å². The van der Waals surface area contributed by atoms with Crippen LogP contribution in [0.1, 0.15) is 29.9 Å². The molecule has 0 saturated heterocycles. The fourth-order valence-electron chi connectivity index (χ4n) is 2.62. The van der Waals surface area contributed by atoms with Crippen LogP contribution in [0.2, 0.25) is 0 Å². The van der Waals surface area contributed by atoms with Gasteiger partial charge in [0.2, 0.25) is 5.91 Å². The number of hydrogen-bond donors (Lipinski definition) is 1. The number of nitrogens with zero attached hydrogens (tertiary/aromatic N) is 1. The third kappa shape index (κ3) is 3.15. The van der Waals surface area contributed by atoms with Crippen LogP contribution in [0, 0.1) is 23.1 Å². The van der Waals surface area contributed by atoms with Gasteiger partial charge in [-0.15, -0.1) is 0 Å². The van der Waals surface area contributed by atoms with E-state index in [0.29, 0.717) is 17.2 Å². The molecule has 0 aromatic heterocycles. The molecule has 3 rings (SSSR count). The molecule has 3 nitrogen and oxygen atoms in total. The average Bonchev–Trinajstić information content (AvgIpc) is 3.34. The van der Waals surface area contributed by atoms with Gasteiger partial charge in [0.1, 0.15) is 5.82 Å². The Morgan fingerprint density at radius 3 is 2.59 bits per heavy atom. The van der Waals surface area contributed by atoms with Crippen LogP contribution in [0.3, 0.4) is 0 Å². The Morgan fingerprint density at radius 2 is 1.95 bits per heavy atom. The van der Waals surface area contributed by atoms with Crippen molar-refractivity contribution in [1.29, 1.82) is 5.26 Å². The summed E-state index contributed by atoms with van der Waals surface area (Å²) in [5.41, 5.74) is 1.94. The van der Waals surface area contributed by atoms with Gasteiger partial charge >= 0.3 is 0 Å².